The first-order valence-corrected chi connectivity index (χ1v) is 9.31. The van der Waals surface area contributed by atoms with Gasteiger partial charge in [0.1, 0.15) is 11.6 Å². The van der Waals surface area contributed by atoms with Crippen LogP contribution in [0.5, 0.6) is 0 Å². The highest BCUT2D eigenvalue weighted by Gasteiger charge is 2.15. The molecule has 0 aliphatic rings. The Hall–Kier alpha value is -3.77. The standard InChI is InChI=1S/C22H14ClN5O/c23-16-7-8-20(26-12-16)28-21(27-19-9-11-24-13-17(19)22(28)29)15-5-3-14(4-6-15)18-2-1-10-25-18/h1-13,25H. The lowest BCUT2D eigenvalue weighted by molar-refractivity contribution is 0.931. The molecule has 0 spiro atoms. The lowest BCUT2D eigenvalue weighted by Gasteiger charge is -2.13. The van der Waals surface area contributed by atoms with E-state index < -0.39 is 0 Å². The highest BCUT2D eigenvalue weighted by molar-refractivity contribution is 6.30. The third-order valence-corrected chi connectivity index (χ3v) is 4.89. The summed E-state index contributed by atoms with van der Waals surface area (Å²) < 4.78 is 1.49. The Labute approximate surface area is 170 Å². The van der Waals surface area contributed by atoms with Gasteiger partial charge in [-0.1, -0.05) is 35.9 Å². The molecule has 4 aromatic heterocycles. The van der Waals surface area contributed by atoms with E-state index in [2.05, 4.69) is 15.0 Å². The van der Waals surface area contributed by atoms with Gasteiger partial charge in [0.25, 0.3) is 5.56 Å². The molecule has 5 aromatic rings. The maximum Gasteiger partial charge on any atom is 0.269 e. The number of benzene rings is 1. The minimum Gasteiger partial charge on any atom is -0.361 e. The normalized spacial score (nSPS) is 11.1. The number of H-pyrrole nitrogens is 1. The van der Waals surface area contributed by atoms with Crippen molar-refractivity contribution in [2.24, 2.45) is 0 Å². The molecule has 1 aromatic carbocycles. The molecule has 29 heavy (non-hydrogen) atoms. The van der Waals surface area contributed by atoms with Gasteiger partial charge in [-0.15, -0.1) is 0 Å². The van der Waals surface area contributed by atoms with E-state index in [4.69, 9.17) is 16.6 Å². The molecule has 1 N–H and O–H groups in total. The summed E-state index contributed by atoms with van der Waals surface area (Å²) in [7, 11) is 0. The minimum atomic E-state index is -0.235. The molecule has 0 amide bonds. The molecule has 0 saturated heterocycles. The molecule has 5 rings (SSSR count). The van der Waals surface area contributed by atoms with Gasteiger partial charge in [-0.2, -0.15) is 0 Å². The first-order chi connectivity index (χ1) is 14.2. The Kier molecular flexibility index (Phi) is 4.18. The number of nitrogens with zero attached hydrogens (tertiary/aromatic N) is 4. The third-order valence-electron chi connectivity index (χ3n) is 4.66. The zero-order valence-electron chi connectivity index (χ0n) is 15.1. The highest BCUT2D eigenvalue weighted by Crippen LogP contribution is 2.25. The van der Waals surface area contributed by atoms with E-state index in [0.29, 0.717) is 27.6 Å². The molecule has 7 heteroatoms. The number of hydrogen-bond acceptors (Lipinski definition) is 4. The minimum absolute atomic E-state index is 0.235. The largest absolute Gasteiger partial charge is 0.361 e. The maximum atomic E-state index is 13.3. The van der Waals surface area contributed by atoms with Gasteiger partial charge in [0, 0.05) is 36.0 Å². The fourth-order valence-corrected chi connectivity index (χ4v) is 3.36. The second-order valence-electron chi connectivity index (χ2n) is 6.46. The molecule has 6 nitrogen and oxygen atoms in total. The summed E-state index contributed by atoms with van der Waals surface area (Å²) in [5, 5.41) is 0.921. The Morgan fingerprint density at radius 1 is 0.931 bits per heavy atom. The van der Waals surface area contributed by atoms with Crippen molar-refractivity contribution < 1.29 is 0 Å². The van der Waals surface area contributed by atoms with E-state index in [1.54, 1.807) is 24.4 Å². The smallest absolute Gasteiger partial charge is 0.269 e. The Morgan fingerprint density at radius 3 is 2.48 bits per heavy atom. The van der Waals surface area contributed by atoms with Crippen LogP contribution in [0.15, 0.2) is 84.2 Å². The van der Waals surface area contributed by atoms with Gasteiger partial charge in [-0.3, -0.25) is 9.78 Å². The molecule has 0 aliphatic heterocycles. The fraction of sp³-hybridized carbons (Fsp3) is 0. The predicted octanol–water partition coefficient (Wildman–Crippen LogP) is 4.49. The van der Waals surface area contributed by atoms with Crippen LogP contribution < -0.4 is 5.56 Å². The molecule has 140 valence electrons. The van der Waals surface area contributed by atoms with Crippen molar-refractivity contribution in [3.8, 4) is 28.5 Å². The van der Waals surface area contributed by atoms with Gasteiger partial charge in [-0.25, -0.2) is 14.5 Å². The van der Waals surface area contributed by atoms with Gasteiger partial charge >= 0.3 is 0 Å². The van der Waals surface area contributed by atoms with Crippen LogP contribution in [0.1, 0.15) is 0 Å². The van der Waals surface area contributed by atoms with Crippen LogP contribution in [0, 0.1) is 0 Å². The Morgan fingerprint density at radius 2 is 1.76 bits per heavy atom. The van der Waals surface area contributed by atoms with Crippen molar-refractivity contribution in [2.75, 3.05) is 0 Å². The second-order valence-corrected chi connectivity index (χ2v) is 6.90. The number of halogens is 1. The lowest BCUT2D eigenvalue weighted by atomic mass is 10.1. The number of fused-ring (bicyclic) bond motifs is 1. The SMILES string of the molecule is O=c1c2cnccc2nc(-c2ccc(-c3ccc[nH]3)cc2)n1-c1ccc(Cl)cn1. The van der Waals surface area contributed by atoms with E-state index in [1.807, 2.05) is 42.6 Å². The van der Waals surface area contributed by atoms with Gasteiger partial charge in [0.2, 0.25) is 0 Å². The number of nitrogens with one attached hydrogen (secondary N) is 1. The Bertz CT molecular complexity index is 1360. The number of pyridine rings is 2. The molecule has 0 bridgehead atoms. The van der Waals surface area contributed by atoms with Gasteiger partial charge in [0.05, 0.1) is 15.9 Å². The molecule has 0 atom stereocenters. The molecule has 0 unspecified atom stereocenters. The maximum absolute atomic E-state index is 13.3. The first-order valence-electron chi connectivity index (χ1n) is 8.93. The van der Waals surface area contributed by atoms with Crippen LogP contribution in [0.2, 0.25) is 5.02 Å². The third kappa shape index (κ3) is 3.09. The Balaban J connectivity index is 1.75. The summed E-state index contributed by atoms with van der Waals surface area (Å²) in [6.45, 7) is 0. The van der Waals surface area contributed by atoms with Crippen molar-refractivity contribution in [2.45, 2.75) is 0 Å². The molecular weight excluding hydrogens is 386 g/mol. The average molecular weight is 400 g/mol. The number of hydrogen-bond donors (Lipinski definition) is 1. The van der Waals surface area contributed by atoms with Crippen molar-refractivity contribution in [3.63, 3.8) is 0 Å². The summed E-state index contributed by atoms with van der Waals surface area (Å²) in [4.78, 5) is 29.6. The van der Waals surface area contributed by atoms with Crippen LogP contribution in [0.3, 0.4) is 0 Å². The summed E-state index contributed by atoms with van der Waals surface area (Å²) in [5.41, 5.74) is 3.21. The number of aromatic amines is 1. The average Bonchev–Trinajstić information content (AvgIpc) is 3.30. The van der Waals surface area contributed by atoms with Crippen LogP contribution >= 0.6 is 11.6 Å². The van der Waals surface area contributed by atoms with Gasteiger partial charge in [-0.05, 0) is 35.9 Å². The van der Waals surface area contributed by atoms with E-state index in [1.165, 1.54) is 17.0 Å². The van der Waals surface area contributed by atoms with Crippen molar-refractivity contribution in [1.29, 1.82) is 0 Å². The van der Waals surface area contributed by atoms with Crippen LogP contribution in [-0.4, -0.2) is 24.5 Å². The van der Waals surface area contributed by atoms with Crippen molar-refractivity contribution in [1.82, 2.24) is 24.5 Å². The van der Waals surface area contributed by atoms with Crippen LogP contribution in [0.4, 0.5) is 0 Å². The quantitative estimate of drug-likeness (QED) is 0.485. The summed E-state index contributed by atoms with van der Waals surface area (Å²) >= 11 is 5.98. The second kappa shape index (κ2) is 7.00. The molecule has 0 fully saturated rings. The lowest BCUT2D eigenvalue weighted by Crippen LogP contribution is -2.23. The van der Waals surface area contributed by atoms with Gasteiger partial charge in [0.15, 0.2) is 0 Å². The van der Waals surface area contributed by atoms with Crippen molar-refractivity contribution >= 4 is 22.5 Å². The molecule has 0 saturated carbocycles. The molecule has 0 aliphatic carbocycles. The monoisotopic (exact) mass is 399 g/mol. The van der Waals surface area contributed by atoms with Crippen LogP contribution in [-0.2, 0) is 0 Å². The first kappa shape index (κ1) is 17.3. The summed E-state index contributed by atoms with van der Waals surface area (Å²) in [6.07, 6.45) is 6.54. The van der Waals surface area contributed by atoms with E-state index in [-0.39, 0.29) is 5.56 Å². The summed E-state index contributed by atoms with van der Waals surface area (Å²) in [6, 6.07) is 16.9. The molecule has 4 heterocycles. The van der Waals surface area contributed by atoms with E-state index >= 15 is 0 Å². The van der Waals surface area contributed by atoms with Crippen LogP contribution in [0.25, 0.3) is 39.4 Å². The topological polar surface area (TPSA) is 76.5 Å². The van der Waals surface area contributed by atoms with Gasteiger partial charge < -0.3 is 4.98 Å². The predicted molar refractivity (Wildman–Crippen MR) is 113 cm³/mol. The number of aromatic nitrogens is 5. The zero-order chi connectivity index (χ0) is 19.8. The molecule has 0 radical (unpaired) electrons. The number of rotatable bonds is 3. The highest BCUT2D eigenvalue weighted by atomic mass is 35.5. The molecular formula is C22H14ClN5O. The van der Waals surface area contributed by atoms with E-state index in [9.17, 15) is 4.79 Å². The fourth-order valence-electron chi connectivity index (χ4n) is 3.25. The summed E-state index contributed by atoms with van der Waals surface area (Å²) in [5.74, 6) is 0.947. The van der Waals surface area contributed by atoms with E-state index in [0.717, 1.165) is 16.8 Å². The van der Waals surface area contributed by atoms with Crippen molar-refractivity contribution in [3.05, 3.63) is 94.8 Å². The zero-order valence-corrected chi connectivity index (χ0v) is 15.8.